The summed E-state index contributed by atoms with van der Waals surface area (Å²) in [6.07, 6.45) is 4.23. The summed E-state index contributed by atoms with van der Waals surface area (Å²) in [6.45, 7) is 6.12. The van der Waals surface area contributed by atoms with E-state index in [2.05, 4.69) is 6.92 Å². The monoisotopic (exact) mass is 172 g/mol. The van der Waals surface area contributed by atoms with Crippen LogP contribution in [0.3, 0.4) is 0 Å². The zero-order valence-electron chi connectivity index (χ0n) is 8.52. The van der Waals surface area contributed by atoms with Crippen LogP contribution in [0.15, 0.2) is 0 Å². The van der Waals surface area contributed by atoms with Crippen LogP contribution >= 0.6 is 0 Å². The van der Waals surface area contributed by atoms with Crippen molar-refractivity contribution in [1.29, 1.82) is 0 Å². The second-order valence-electron chi connectivity index (χ2n) is 4.78. The molecular formula is C11H21F. The van der Waals surface area contributed by atoms with Crippen molar-refractivity contribution in [2.24, 2.45) is 17.8 Å². The Hall–Kier alpha value is -0.0700. The van der Waals surface area contributed by atoms with E-state index >= 15 is 0 Å². The van der Waals surface area contributed by atoms with Crippen LogP contribution in [0.2, 0.25) is 0 Å². The molecule has 1 aliphatic carbocycles. The van der Waals surface area contributed by atoms with Gasteiger partial charge in [0, 0.05) is 0 Å². The first kappa shape index (κ1) is 10.0. The Morgan fingerprint density at radius 1 is 1.25 bits per heavy atom. The first-order valence-corrected chi connectivity index (χ1v) is 5.23. The van der Waals surface area contributed by atoms with Crippen molar-refractivity contribution in [2.45, 2.75) is 52.6 Å². The summed E-state index contributed by atoms with van der Waals surface area (Å²) in [4.78, 5) is 0. The Bertz CT molecular complexity index is 127. The third-order valence-corrected chi connectivity index (χ3v) is 2.78. The molecule has 2 unspecified atom stereocenters. The maximum atomic E-state index is 13.2. The molecule has 0 amide bonds. The van der Waals surface area contributed by atoms with Crippen molar-refractivity contribution >= 4 is 0 Å². The SMILES string of the molecule is CC(CC1CC1)CC(F)C(C)C. The third-order valence-electron chi connectivity index (χ3n) is 2.78. The highest BCUT2D eigenvalue weighted by Gasteiger charge is 2.25. The number of rotatable bonds is 5. The first-order valence-electron chi connectivity index (χ1n) is 5.23. The number of hydrogen-bond acceptors (Lipinski definition) is 0. The summed E-state index contributed by atoms with van der Waals surface area (Å²) in [5.74, 6) is 1.74. The van der Waals surface area contributed by atoms with Gasteiger partial charge < -0.3 is 0 Å². The fourth-order valence-electron chi connectivity index (χ4n) is 1.68. The summed E-state index contributed by atoms with van der Waals surface area (Å²) < 4.78 is 13.2. The summed E-state index contributed by atoms with van der Waals surface area (Å²) in [6, 6.07) is 0. The minimum Gasteiger partial charge on any atom is -0.247 e. The van der Waals surface area contributed by atoms with Crippen LogP contribution < -0.4 is 0 Å². The standard InChI is InChI=1S/C11H21F/c1-8(2)11(12)7-9(3)6-10-4-5-10/h8-11H,4-7H2,1-3H3. The lowest BCUT2D eigenvalue weighted by molar-refractivity contribution is 0.206. The van der Waals surface area contributed by atoms with Gasteiger partial charge in [0.05, 0.1) is 0 Å². The van der Waals surface area contributed by atoms with E-state index in [1.807, 2.05) is 13.8 Å². The van der Waals surface area contributed by atoms with E-state index in [-0.39, 0.29) is 5.92 Å². The number of alkyl halides is 1. The van der Waals surface area contributed by atoms with E-state index in [0.29, 0.717) is 5.92 Å². The first-order chi connectivity index (χ1) is 5.59. The Labute approximate surface area is 75.5 Å². The molecule has 0 aliphatic heterocycles. The fourth-order valence-corrected chi connectivity index (χ4v) is 1.68. The van der Waals surface area contributed by atoms with E-state index < -0.39 is 6.17 Å². The molecule has 0 saturated heterocycles. The summed E-state index contributed by atoms with van der Waals surface area (Å²) in [7, 11) is 0. The molecule has 1 saturated carbocycles. The molecule has 0 aromatic carbocycles. The van der Waals surface area contributed by atoms with Crippen molar-refractivity contribution in [2.75, 3.05) is 0 Å². The van der Waals surface area contributed by atoms with Gasteiger partial charge in [-0.3, -0.25) is 0 Å². The Morgan fingerprint density at radius 2 is 1.83 bits per heavy atom. The van der Waals surface area contributed by atoms with E-state index in [9.17, 15) is 4.39 Å². The minimum absolute atomic E-state index is 0.201. The molecule has 12 heavy (non-hydrogen) atoms. The predicted molar refractivity (Wildman–Crippen MR) is 50.9 cm³/mol. The zero-order valence-corrected chi connectivity index (χ0v) is 8.52. The lowest BCUT2D eigenvalue weighted by Crippen LogP contribution is -2.13. The summed E-state index contributed by atoms with van der Waals surface area (Å²) in [5, 5.41) is 0. The van der Waals surface area contributed by atoms with E-state index in [0.717, 1.165) is 12.3 Å². The molecule has 0 aromatic rings. The normalized spacial score (nSPS) is 22.8. The summed E-state index contributed by atoms with van der Waals surface area (Å²) in [5.41, 5.74) is 0. The van der Waals surface area contributed by atoms with Gasteiger partial charge >= 0.3 is 0 Å². The van der Waals surface area contributed by atoms with Crippen LogP contribution in [0.1, 0.15) is 46.5 Å². The van der Waals surface area contributed by atoms with Gasteiger partial charge in [0.2, 0.25) is 0 Å². The largest absolute Gasteiger partial charge is 0.247 e. The minimum atomic E-state index is -0.584. The maximum absolute atomic E-state index is 13.2. The van der Waals surface area contributed by atoms with Crippen LogP contribution in [-0.4, -0.2) is 6.17 Å². The highest BCUT2D eigenvalue weighted by molar-refractivity contribution is 4.76. The van der Waals surface area contributed by atoms with Crippen LogP contribution in [-0.2, 0) is 0 Å². The van der Waals surface area contributed by atoms with Gasteiger partial charge in [0.15, 0.2) is 0 Å². The van der Waals surface area contributed by atoms with Crippen molar-refractivity contribution in [3.8, 4) is 0 Å². The molecule has 0 bridgehead atoms. The van der Waals surface area contributed by atoms with Crippen LogP contribution in [0, 0.1) is 17.8 Å². The molecule has 0 spiro atoms. The molecule has 1 aliphatic rings. The highest BCUT2D eigenvalue weighted by atomic mass is 19.1. The van der Waals surface area contributed by atoms with Gasteiger partial charge in [-0.1, -0.05) is 33.6 Å². The highest BCUT2D eigenvalue weighted by Crippen LogP contribution is 2.36. The van der Waals surface area contributed by atoms with Gasteiger partial charge in [-0.2, -0.15) is 0 Å². The average molecular weight is 172 g/mol. The molecule has 1 rings (SSSR count). The molecule has 0 heterocycles. The van der Waals surface area contributed by atoms with Crippen molar-refractivity contribution < 1.29 is 4.39 Å². The zero-order chi connectivity index (χ0) is 9.14. The van der Waals surface area contributed by atoms with Gasteiger partial charge in [-0.05, 0) is 30.6 Å². The molecular weight excluding hydrogens is 151 g/mol. The van der Waals surface area contributed by atoms with Crippen molar-refractivity contribution in [1.82, 2.24) is 0 Å². The molecule has 1 heteroatoms. The summed E-state index contributed by atoms with van der Waals surface area (Å²) >= 11 is 0. The smallest absolute Gasteiger partial charge is 0.103 e. The van der Waals surface area contributed by atoms with Crippen LogP contribution in [0.5, 0.6) is 0 Å². The van der Waals surface area contributed by atoms with Crippen LogP contribution in [0.25, 0.3) is 0 Å². The van der Waals surface area contributed by atoms with Gasteiger partial charge in [0.25, 0.3) is 0 Å². The van der Waals surface area contributed by atoms with Gasteiger partial charge in [-0.25, -0.2) is 4.39 Å². The molecule has 2 atom stereocenters. The molecule has 72 valence electrons. The number of halogens is 1. The molecule has 0 radical (unpaired) electrons. The quantitative estimate of drug-likeness (QED) is 0.591. The topological polar surface area (TPSA) is 0 Å². The molecule has 0 nitrogen and oxygen atoms in total. The van der Waals surface area contributed by atoms with E-state index in [4.69, 9.17) is 0 Å². The van der Waals surface area contributed by atoms with Crippen LogP contribution in [0.4, 0.5) is 4.39 Å². The average Bonchev–Trinajstić information content (AvgIpc) is 2.71. The van der Waals surface area contributed by atoms with Crippen molar-refractivity contribution in [3.63, 3.8) is 0 Å². The third kappa shape index (κ3) is 3.55. The maximum Gasteiger partial charge on any atom is 0.103 e. The fraction of sp³-hybridized carbons (Fsp3) is 1.00. The number of hydrogen-bond donors (Lipinski definition) is 0. The Morgan fingerprint density at radius 3 is 2.25 bits per heavy atom. The lowest BCUT2D eigenvalue weighted by atomic mass is 9.93. The lowest BCUT2D eigenvalue weighted by Gasteiger charge is -2.16. The second kappa shape index (κ2) is 4.25. The molecule has 0 aromatic heterocycles. The Kier molecular flexibility index (Phi) is 3.54. The molecule has 1 fully saturated rings. The van der Waals surface area contributed by atoms with Gasteiger partial charge in [-0.15, -0.1) is 0 Å². The predicted octanol–water partition coefficient (Wildman–Crippen LogP) is 3.81. The van der Waals surface area contributed by atoms with E-state index in [1.165, 1.54) is 19.3 Å². The van der Waals surface area contributed by atoms with E-state index in [1.54, 1.807) is 0 Å². The van der Waals surface area contributed by atoms with Gasteiger partial charge in [0.1, 0.15) is 6.17 Å². The molecule has 0 N–H and O–H groups in total. The second-order valence-corrected chi connectivity index (χ2v) is 4.78. The Balaban J connectivity index is 2.10. The van der Waals surface area contributed by atoms with Crippen molar-refractivity contribution in [3.05, 3.63) is 0 Å².